The third-order valence-electron chi connectivity index (χ3n) is 3.50. The third kappa shape index (κ3) is 3.45. The van der Waals surface area contributed by atoms with Crippen molar-refractivity contribution in [3.63, 3.8) is 0 Å². The van der Waals surface area contributed by atoms with Crippen LogP contribution in [-0.2, 0) is 4.79 Å². The second-order valence-electron chi connectivity index (χ2n) is 4.75. The number of para-hydroxylation sites is 2. The summed E-state index contributed by atoms with van der Waals surface area (Å²) < 4.78 is 5.21. The zero-order valence-corrected chi connectivity index (χ0v) is 11.3. The highest BCUT2D eigenvalue weighted by atomic mass is 16.5. The van der Waals surface area contributed by atoms with Crippen molar-refractivity contribution in [2.45, 2.75) is 18.9 Å². The maximum absolute atomic E-state index is 12.0. The van der Waals surface area contributed by atoms with Gasteiger partial charge in [-0.05, 0) is 31.5 Å². The number of rotatable bonds is 5. The summed E-state index contributed by atoms with van der Waals surface area (Å²) in [6.45, 7) is 1.95. The van der Waals surface area contributed by atoms with Crippen LogP contribution < -0.4 is 15.8 Å². The lowest BCUT2D eigenvalue weighted by molar-refractivity contribution is -0.117. The number of ether oxygens (including phenoxy) is 1. The lowest BCUT2D eigenvalue weighted by atomic mass is 10.2. The lowest BCUT2D eigenvalue weighted by Crippen LogP contribution is -2.40. The Morgan fingerprint density at radius 3 is 3.05 bits per heavy atom. The monoisotopic (exact) mass is 263 g/mol. The molecule has 0 aliphatic carbocycles. The van der Waals surface area contributed by atoms with Crippen LogP contribution in [-0.4, -0.2) is 43.6 Å². The summed E-state index contributed by atoms with van der Waals surface area (Å²) in [4.78, 5) is 14.2. The van der Waals surface area contributed by atoms with Crippen molar-refractivity contribution in [2.24, 2.45) is 5.73 Å². The van der Waals surface area contributed by atoms with Crippen molar-refractivity contribution in [1.82, 2.24) is 4.90 Å². The van der Waals surface area contributed by atoms with E-state index in [0.29, 0.717) is 30.6 Å². The van der Waals surface area contributed by atoms with E-state index in [-0.39, 0.29) is 5.91 Å². The first-order valence-electron chi connectivity index (χ1n) is 6.61. The number of benzene rings is 1. The van der Waals surface area contributed by atoms with E-state index < -0.39 is 0 Å². The van der Waals surface area contributed by atoms with Gasteiger partial charge in [0.15, 0.2) is 0 Å². The van der Waals surface area contributed by atoms with Crippen LogP contribution in [0.25, 0.3) is 0 Å². The van der Waals surface area contributed by atoms with Crippen molar-refractivity contribution in [2.75, 3.05) is 32.1 Å². The number of nitrogens with two attached hydrogens (primary N) is 1. The van der Waals surface area contributed by atoms with Gasteiger partial charge in [-0.25, -0.2) is 0 Å². The normalized spacial score (nSPS) is 19.4. The quantitative estimate of drug-likeness (QED) is 0.833. The van der Waals surface area contributed by atoms with E-state index in [2.05, 4.69) is 10.2 Å². The van der Waals surface area contributed by atoms with Gasteiger partial charge in [0.25, 0.3) is 0 Å². The van der Waals surface area contributed by atoms with E-state index in [9.17, 15) is 4.79 Å². The van der Waals surface area contributed by atoms with Crippen LogP contribution in [0.1, 0.15) is 12.8 Å². The third-order valence-corrected chi connectivity index (χ3v) is 3.50. The van der Waals surface area contributed by atoms with E-state index >= 15 is 0 Å². The van der Waals surface area contributed by atoms with Crippen LogP contribution in [0.15, 0.2) is 24.3 Å². The summed E-state index contributed by atoms with van der Waals surface area (Å²) in [7, 11) is 1.59. The van der Waals surface area contributed by atoms with Crippen LogP contribution >= 0.6 is 0 Å². The maximum atomic E-state index is 12.0. The van der Waals surface area contributed by atoms with Crippen molar-refractivity contribution >= 4 is 11.6 Å². The molecule has 1 unspecified atom stereocenters. The summed E-state index contributed by atoms with van der Waals surface area (Å²) in [5, 5.41) is 2.89. The highest BCUT2D eigenvalue weighted by Gasteiger charge is 2.25. The molecule has 0 aromatic heterocycles. The number of carbonyl (C=O) groups excluding carboxylic acids is 1. The van der Waals surface area contributed by atoms with Gasteiger partial charge < -0.3 is 15.8 Å². The molecule has 1 amide bonds. The number of hydrogen-bond acceptors (Lipinski definition) is 4. The fourth-order valence-corrected chi connectivity index (χ4v) is 2.49. The van der Waals surface area contributed by atoms with E-state index in [1.54, 1.807) is 7.11 Å². The average molecular weight is 263 g/mol. The molecule has 1 aliphatic rings. The van der Waals surface area contributed by atoms with Crippen LogP contribution in [0.2, 0.25) is 0 Å². The van der Waals surface area contributed by atoms with Crippen LogP contribution in [0.4, 0.5) is 5.69 Å². The van der Waals surface area contributed by atoms with Gasteiger partial charge in [-0.3, -0.25) is 9.69 Å². The highest BCUT2D eigenvalue weighted by molar-refractivity contribution is 5.93. The molecule has 0 saturated carbocycles. The van der Waals surface area contributed by atoms with Crippen LogP contribution in [0.3, 0.4) is 0 Å². The van der Waals surface area contributed by atoms with Gasteiger partial charge >= 0.3 is 0 Å². The molecule has 1 saturated heterocycles. The molecule has 0 bridgehead atoms. The first-order chi connectivity index (χ1) is 9.24. The molecule has 1 heterocycles. The topological polar surface area (TPSA) is 67.6 Å². The second kappa shape index (κ2) is 6.54. The number of hydrogen-bond donors (Lipinski definition) is 2. The molecule has 2 rings (SSSR count). The Morgan fingerprint density at radius 2 is 2.32 bits per heavy atom. The summed E-state index contributed by atoms with van der Waals surface area (Å²) in [5.41, 5.74) is 6.41. The van der Waals surface area contributed by atoms with Crippen molar-refractivity contribution in [1.29, 1.82) is 0 Å². The van der Waals surface area contributed by atoms with Gasteiger partial charge in [0.2, 0.25) is 5.91 Å². The zero-order chi connectivity index (χ0) is 13.7. The average Bonchev–Trinajstić information content (AvgIpc) is 2.86. The number of methoxy groups -OCH3 is 1. The molecule has 3 N–H and O–H groups in total. The lowest BCUT2D eigenvalue weighted by Gasteiger charge is -2.22. The summed E-state index contributed by atoms with van der Waals surface area (Å²) in [6, 6.07) is 7.74. The largest absolute Gasteiger partial charge is 0.495 e. The number of likely N-dealkylation sites (tertiary alicyclic amines) is 1. The molecule has 0 spiro atoms. The molecule has 1 aromatic carbocycles. The van der Waals surface area contributed by atoms with Gasteiger partial charge in [-0.1, -0.05) is 12.1 Å². The zero-order valence-electron chi connectivity index (χ0n) is 11.3. The first kappa shape index (κ1) is 13.8. The molecule has 1 atom stereocenters. The fourth-order valence-electron chi connectivity index (χ4n) is 2.49. The first-order valence-corrected chi connectivity index (χ1v) is 6.61. The molecule has 104 valence electrons. The SMILES string of the molecule is COc1ccccc1NC(=O)CN1CCCC1CN. The van der Waals surface area contributed by atoms with Gasteiger partial charge in [0, 0.05) is 12.6 Å². The molecule has 5 nitrogen and oxygen atoms in total. The highest BCUT2D eigenvalue weighted by Crippen LogP contribution is 2.23. The van der Waals surface area contributed by atoms with E-state index in [0.717, 1.165) is 19.4 Å². The number of amides is 1. The summed E-state index contributed by atoms with van der Waals surface area (Å²) >= 11 is 0. The Balaban J connectivity index is 1.94. The Hall–Kier alpha value is -1.59. The Labute approximate surface area is 113 Å². The Bertz CT molecular complexity index is 436. The Morgan fingerprint density at radius 1 is 1.53 bits per heavy atom. The number of anilines is 1. The minimum Gasteiger partial charge on any atom is -0.495 e. The number of nitrogens with one attached hydrogen (secondary N) is 1. The fraction of sp³-hybridized carbons (Fsp3) is 0.500. The van der Waals surface area contributed by atoms with E-state index in [4.69, 9.17) is 10.5 Å². The van der Waals surface area contributed by atoms with Crippen LogP contribution in [0.5, 0.6) is 5.75 Å². The number of carbonyl (C=O) groups is 1. The molecule has 19 heavy (non-hydrogen) atoms. The van der Waals surface area contributed by atoms with Crippen LogP contribution in [0, 0.1) is 0 Å². The minimum atomic E-state index is -0.0233. The van der Waals surface area contributed by atoms with E-state index in [1.807, 2.05) is 24.3 Å². The van der Waals surface area contributed by atoms with Crippen molar-refractivity contribution in [3.05, 3.63) is 24.3 Å². The molecule has 0 radical (unpaired) electrons. The Kier molecular flexibility index (Phi) is 4.76. The summed E-state index contributed by atoms with van der Waals surface area (Å²) in [5.74, 6) is 0.650. The van der Waals surface area contributed by atoms with Gasteiger partial charge in [-0.15, -0.1) is 0 Å². The molecule has 5 heteroatoms. The molecule has 1 fully saturated rings. The smallest absolute Gasteiger partial charge is 0.238 e. The predicted molar refractivity (Wildman–Crippen MR) is 75.3 cm³/mol. The molecule has 1 aromatic rings. The number of nitrogens with zero attached hydrogens (tertiary/aromatic N) is 1. The second-order valence-corrected chi connectivity index (χ2v) is 4.75. The molecular weight excluding hydrogens is 242 g/mol. The standard InChI is InChI=1S/C14H21N3O2/c1-19-13-7-3-2-6-12(13)16-14(18)10-17-8-4-5-11(17)9-15/h2-3,6-7,11H,4-5,8-10,15H2,1H3,(H,16,18). The van der Waals surface area contributed by atoms with E-state index in [1.165, 1.54) is 0 Å². The predicted octanol–water partition coefficient (Wildman–Crippen LogP) is 1.06. The maximum Gasteiger partial charge on any atom is 0.238 e. The van der Waals surface area contributed by atoms with Gasteiger partial charge in [0.05, 0.1) is 19.3 Å². The molecule has 1 aliphatic heterocycles. The van der Waals surface area contributed by atoms with Crippen molar-refractivity contribution < 1.29 is 9.53 Å². The van der Waals surface area contributed by atoms with Crippen molar-refractivity contribution in [3.8, 4) is 5.75 Å². The molecular formula is C14H21N3O2. The minimum absolute atomic E-state index is 0.0233. The summed E-state index contributed by atoms with van der Waals surface area (Å²) in [6.07, 6.45) is 2.20. The van der Waals surface area contributed by atoms with Gasteiger partial charge in [-0.2, -0.15) is 0 Å². The van der Waals surface area contributed by atoms with Gasteiger partial charge in [0.1, 0.15) is 5.75 Å².